The van der Waals surface area contributed by atoms with Gasteiger partial charge in [-0.05, 0) is 5.56 Å². The second-order valence-electron chi connectivity index (χ2n) is 3.70. The average Bonchev–Trinajstić information content (AvgIpc) is 2.74. The van der Waals surface area contributed by atoms with E-state index in [2.05, 4.69) is 0 Å². The average molecular weight is 247 g/mol. The Bertz CT molecular complexity index is 560. The minimum atomic E-state index is -0.750. The fraction of sp³-hybridized carbons (Fsp3) is 0.0909. The summed E-state index contributed by atoms with van der Waals surface area (Å²) in [4.78, 5) is 19.9. The lowest BCUT2D eigenvalue weighted by Crippen LogP contribution is -1.95. The summed E-state index contributed by atoms with van der Waals surface area (Å²) in [5.41, 5.74) is -0.0656. The highest BCUT2D eigenvalue weighted by Crippen LogP contribution is 2.27. The Labute approximate surface area is 102 Å². The fourth-order valence-corrected chi connectivity index (χ4v) is 1.65. The number of benzene rings is 1. The first-order valence-electron chi connectivity index (χ1n) is 5.10. The van der Waals surface area contributed by atoms with Gasteiger partial charge in [-0.3, -0.25) is 20.2 Å². The molecular weight excluding hydrogens is 238 g/mol. The Morgan fingerprint density at radius 2 is 1.44 bits per heavy atom. The third kappa shape index (κ3) is 2.34. The molecule has 0 unspecified atom stereocenters. The lowest BCUT2D eigenvalue weighted by atomic mass is 10.2. The van der Waals surface area contributed by atoms with Crippen LogP contribution in [0.25, 0.3) is 0 Å². The first-order chi connectivity index (χ1) is 8.58. The molecule has 0 bridgehead atoms. The van der Waals surface area contributed by atoms with Crippen LogP contribution in [0, 0.1) is 20.2 Å². The van der Waals surface area contributed by atoms with Gasteiger partial charge in [-0.25, -0.2) is 0 Å². The second-order valence-corrected chi connectivity index (χ2v) is 3.70. The zero-order valence-corrected chi connectivity index (χ0v) is 9.22. The van der Waals surface area contributed by atoms with Crippen molar-refractivity contribution in [1.29, 1.82) is 0 Å². The molecular formula is C11H9N3O4. The molecule has 1 aromatic carbocycles. The number of hydrogen-bond acceptors (Lipinski definition) is 4. The van der Waals surface area contributed by atoms with Crippen LogP contribution in [0.1, 0.15) is 5.56 Å². The van der Waals surface area contributed by atoms with Crippen LogP contribution in [0.4, 0.5) is 11.4 Å². The maximum absolute atomic E-state index is 10.7. The van der Waals surface area contributed by atoms with Crippen molar-refractivity contribution in [3.8, 4) is 0 Å². The van der Waals surface area contributed by atoms with Crippen LogP contribution in [0.15, 0.2) is 42.7 Å². The quantitative estimate of drug-likeness (QED) is 0.612. The highest BCUT2D eigenvalue weighted by Gasteiger charge is 2.26. The van der Waals surface area contributed by atoms with Crippen molar-refractivity contribution in [3.05, 3.63) is 68.5 Å². The van der Waals surface area contributed by atoms with Crippen LogP contribution < -0.4 is 0 Å². The molecule has 0 aliphatic rings. The number of hydrogen-bond donors (Lipinski definition) is 0. The van der Waals surface area contributed by atoms with E-state index < -0.39 is 21.2 Å². The van der Waals surface area contributed by atoms with Gasteiger partial charge >= 0.3 is 11.4 Å². The minimum Gasteiger partial charge on any atom is -0.337 e. The van der Waals surface area contributed by atoms with Gasteiger partial charge in [-0.1, -0.05) is 30.3 Å². The fourth-order valence-electron chi connectivity index (χ4n) is 1.65. The Hall–Kier alpha value is -2.70. The Morgan fingerprint density at radius 3 is 1.89 bits per heavy atom. The van der Waals surface area contributed by atoms with E-state index in [9.17, 15) is 20.2 Å². The summed E-state index contributed by atoms with van der Waals surface area (Å²) in [5.74, 6) is 0. The topological polar surface area (TPSA) is 91.2 Å². The maximum Gasteiger partial charge on any atom is 0.363 e. The van der Waals surface area contributed by atoms with E-state index >= 15 is 0 Å². The van der Waals surface area contributed by atoms with Gasteiger partial charge in [-0.15, -0.1) is 0 Å². The molecule has 92 valence electrons. The van der Waals surface area contributed by atoms with Gasteiger partial charge < -0.3 is 4.57 Å². The summed E-state index contributed by atoms with van der Waals surface area (Å²) >= 11 is 0. The van der Waals surface area contributed by atoms with Crippen molar-refractivity contribution in [2.24, 2.45) is 0 Å². The standard InChI is InChI=1S/C11H9N3O4/c15-13(16)10-7-12(8-11(10)14(17)18)6-9-4-2-1-3-5-9/h1-5,7-8H,6H2. The van der Waals surface area contributed by atoms with Gasteiger partial charge in [0.1, 0.15) is 0 Å². The lowest BCUT2D eigenvalue weighted by molar-refractivity contribution is -0.421. The van der Waals surface area contributed by atoms with Gasteiger partial charge in [0.05, 0.1) is 22.2 Å². The maximum atomic E-state index is 10.7. The van der Waals surface area contributed by atoms with Crippen LogP contribution in [-0.2, 0) is 6.54 Å². The number of nitro groups is 2. The highest BCUT2D eigenvalue weighted by atomic mass is 16.6. The smallest absolute Gasteiger partial charge is 0.337 e. The summed E-state index contributed by atoms with van der Waals surface area (Å²) in [5, 5.41) is 21.4. The van der Waals surface area contributed by atoms with Crippen molar-refractivity contribution in [2.45, 2.75) is 6.54 Å². The van der Waals surface area contributed by atoms with Gasteiger partial charge in [0.15, 0.2) is 0 Å². The molecule has 1 aromatic heterocycles. The number of nitrogens with zero attached hydrogens (tertiary/aromatic N) is 3. The van der Waals surface area contributed by atoms with Gasteiger partial charge in [0.25, 0.3) is 0 Å². The number of rotatable bonds is 4. The third-order valence-electron chi connectivity index (χ3n) is 2.44. The molecule has 7 heteroatoms. The van der Waals surface area contributed by atoms with Gasteiger partial charge in [0.2, 0.25) is 0 Å². The Morgan fingerprint density at radius 1 is 0.944 bits per heavy atom. The van der Waals surface area contributed by atoms with Crippen molar-refractivity contribution in [2.75, 3.05) is 0 Å². The van der Waals surface area contributed by atoms with Crippen LogP contribution >= 0.6 is 0 Å². The molecule has 0 aliphatic heterocycles. The molecule has 1 heterocycles. The molecule has 0 N–H and O–H groups in total. The molecule has 0 aliphatic carbocycles. The SMILES string of the molecule is O=[N+]([O-])c1cn(Cc2ccccc2)cc1[N+](=O)[O-]. The van der Waals surface area contributed by atoms with Gasteiger partial charge in [-0.2, -0.15) is 0 Å². The number of aromatic nitrogens is 1. The van der Waals surface area contributed by atoms with Crippen molar-refractivity contribution < 1.29 is 9.85 Å². The predicted octanol–water partition coefficient (Wildman–Crippen LogP) is 2.35. The van der Waals surface area contributed by atoms with Crippen LogP contribution in [0.2, 0.25) is 0 Å². The first kappa shape index (κ1) is 11.8. The monoisotopic (exact) mass is 247 g/mol. The normalized spacial score (nSPS) is 10.2. The zero-order valence-electron chi connectivity index (χ0n) is 9.22. The lowest BCUT2D eigenvalue weighted by Gasteiger charge is -2.00. The molecule has 2 rings (SSSR count). The van der Waals surface area contributed by atoms with Gasteiger partial charge in [0, 0.05) is 6.54 Å². The molecule has 0 fully saturated rings. The van der Waals surface area contributed by atoms with Crippen molar-refractivity contribution in [1.82, 2.24) is 4.57 Å². The van der Waals surface area contributed by atoms with Crippen LogP contribution in [-0.4, -0.2) is 14.4 Å². The predicted molar refractivity (Wildman–Crippen MR) is 63.3 cm³/mol. The molecule has 0 saturated heterocycles. The Balaban J connectivity index is 2.33. The van der Waals surface area contributed by atoms with E-state index in [0.29, 0.717) is 6.54 Å². The second kappa shape index (κ2) is 4.66. The molecule has 7 nitrogen and oxygen atoms in total. The summed E-state index contributed by atoms with van der Waals surface area (Å²) in [7, 11) is 0. The van der Waals surface area contributed by atoms with E-state index in [-0.39, 0.29) is 0 Å². The van der Waals surface area contributed by atoms with Crippen LogP contribution in [0.5, 0.6) is 0 Å². The molecule has 18 heavy (non-hydrogen) atoms. The van der Waals surface area contributed by atoms with E-state index in [0.717, 1.165) is 5.56 Å². The molecule has 0 atom stereocenters. The van der Waals surface area contributed by atoms with E-state index in [1.807, 2.05) is 30.3 Å². The van der Waals surface area contributed by atoms with E-state index in [4.69, 9.17) is 0 Å². The first-order valence-corrected chi connectivity index (χ1v) is 5.10. The largest absolute Gasteiger partial charge is 0.363 e. The van der Waals surface area contributed by atoms with E-state index in [1.54, 1.807) is 0 Å². The molecule has 0 saturated carbocycles. The zero-order chi connectivity index (χ0) is 13.1. The van der Waals surface area contributed by atoms with E-state index in [1.165, 1.54) is 17.0 Å². The molecule has 2 aromatic rings. The third-order valence-corrected chi connectivity index (χ3v) is 2.44. The van der Waals surface area contributed by atoms with Crippen LogP contribution in [0.3, 0.4) is 0 Å². The highest BCUT2D eigenvalue weighted by molar-refractivity contribution is 5.50. The summed E-state index contributed by atoms with van der Waals surface area (Å²) < 4.78 is 1.44. The summed E-state index contributed by atoms with van der Waals surface area (Å²) in [6, 6.07) is 9.21. The minimum absolute atomic E-state index is 0.357. The van der Waals surface area contributed by atoms with Crippen molar-refractivity contribution >= 4 is 11.4 Å². The Kier molecular flexibility index (Phi) is 3.05. The molecule has 0 spiro atoms. The molecule has 0 amide bonds. The van der Waals surface area contributed by atoms with Crippen molar-refractivity contribution in [3.63, 3.8) is 0 Å². The summed E-state index contributed by atoms with van der Waals surface area (Å²) in [6.45, 7) is 0.357. The summed E-state index contributed by atoms with van der Waals surface area (Å²) in [6.07, 6.45) is 2.34. The molecule has 0 radical (unpaired) electrons.